The lowest BCUT2D eigenvalue weighted by Crippen LogP contribution is -2.09. The van der Waals surface area contributed by atoms with Crippen LogP contribution >= 0.6 is 10.7 Å². The predicted molar refractivity (Wildman–Crippen MR) is 64.6 cm³/mol. The van der Waals surface area contributed by atoms with E-state index in [1.54, 1.807) is 19.9 Å². The van der Waals surface area contributed by atoms with Gasteiger partial charge in [0.2, 0.25) is 0 Å². The Morgan fingerprint density at radius 2 is 2.06 bits per heavy atom. The van der Waals surface area contributed by atoms with Crippen LogP contribution in [0.5, 0.6) is 0 Å². The lowest BCUT2D eigenvalue weighted by atomic mass is 10.1. The smallest absolute Gasteiger partial charge is 0.310 e. The van der Waals surface area contributed by atoms with Crippen molar-refractivity contribution in [3.63, 3.8) is 0 Å². The fourth-order valence-corrected chi connectivity index (χ4v) is 2.16. The molecule has 4 nitrogen and oxygen atoms in total. The molecule has 6 heteroatoms. The standard InChI is InChI=1S/C11H13ClO4S/c1-3-16-11(13)7-9-6-10(17(12,14)15)5-4-8(9)2/h4-6H,3,7H2,1-2H3. The Hall–Kier alpha value is -1.07. The number of ether oxygens (including phenoxy) is 1. The van der Waals surface area contributed by atoms with Crippen molar-refractivity contribution in [2.75, 3.05) is 6.61 Å². The van der Waals surface area contributed by atoms with Crippen molar-refractivity contribution in [3.05, 3.63) is 29.3 Å². The molecule has 0 amide bonds. The van der Waals surface area contributed by atoms with Crippen molar-refractivity contribution in [2.45, 2.75) is 25.2 Å². The minimum Gasteiger partial charge on any atom is -0.466 e. The van der Waals surface area contributed by atoms with Crippen molar-refractivity contribution < 1.29 is 17.9 Å². The van der Waals surface area contributed by atoms with E-state index in [4.69, 9.17) is 15.4 Å². The topological polar surface area (TPSA) is 60.4 Å². The summed E-state index contributed by atoms with van der Waals surface area (Å²) in [5.74, 6) is -0.389. The van der Waals surface area contributed by atoms with Crippen LogP contribution in [0.4, 0.5) is 0 Å². The van der Waals surface area contributed by atoms with Gasteiger partial charge in [0, 0.05) is 10.7 Å². The minimum atomic E-state index is -3.77. The molecule has 0 heterocycles. The maximum atomic E-state index is 11.3. The zero-order chi connectivity index (χ0) is 13.1. The molecular weight excluding hydrogens is 264 g/mol. The van der Waals surface area contributed by atoms with Gasteiger partial charge in [-0.05, 0) is 37.1 Å². The van der Waals surface area contributed by atoms with E-state index in [2.05, 4.69) is 0 Å². The molecule has 94 valence electrons. The number of carbonyl (C=O) groups is 1. The Morgan fingerprint density at radius 3 is 2.59 bits per heavy atom. The summed E-state index contributed by atoms with van der Waals surface area (Å²) in [6.07, 6.45) is 0.0416. The molecular formula is C11H13ClO4S. The van der Waals surface area contributed by atoms with Gasteiger partial charge in [-0.1, -0.05) is 6.07 Å². The Kier molecular flexibility index (Phi) is 4.54. The molecule has 0 bridgehead atoms. The Bertz CT molecular complexity index is 522. The number of aryl methyl sites for hydroxylation is 1. The highest BCUT2D eigenvalue weighted by atomic mass is 35.7. The van der Waals surface area contributed by atoms with Crippen molar-refractivity contribution in [2.24, 2.45) is 0 Å². The highest BCUT2D eigenvalue weighted by Crippen LogP contribution is 2.19. The molecule has 1 aromatic rings. The van der Waals surface area contributed by atoms with Crippen LogP contribution in [0.25, 0.3) is 0 Å². The third-order valence-electron chi connectivity index (χ3n) is 2.24. The third kappa shape index (κ3) is 4.02. The van der Waals surface area contributed by atoms with E-state index in [1.165, 1.54) is 12.1 Å². The second-order valence-electron chi connectivity index (χ2n) is 3.51. The van der Waals surface area contributed by atoms with Gasteiger partial charge in [-0.3, -0.25) is 4.79 Å². The molecule has 1 aromatic carbocycles. The molecule has 17 heavy (non-hydrogen) atoms. The van der Waals surface area contributed by atoms with E-state index < -0.39 is 9.05 Å². The molecule has 0 aliphatic carbocycles. The predicted octanol–water partition coefficient (Wildman–Crippen LogP) is 2.03. The van der Waals surface area contributed by atoms with Crippen LogP contribution in [-0.4, -0.2) is 21.0 Å². The van der Waals surface area contributed by atoms with Crippen molar-refractivity contribution in [3.8, 4) is 0 Å². The Morgan fingerprint density at radius 1 is 1.41 bits per heavy atom. The summed E-state index contributed by atoms with van der Waals surface area (Å²) in [4.78, 5) is 11.3. The molecule has 0 radical (unpaired) electrons. The molecule has 0 saturated carbocycles. The zero-order valence-electron chi connectivity index (χ0n) is 9.57. The highest BCUT2D eigenvalue weighted by molar-refractivity contribution is 8.13. The average Bonchev–Trinajstić information content (AvgIpc) is 2.20. The van der Waals surface area contributed by atoms with Crippen LogP contribution in [0.2, 0.25) is 0 Å². The second-order valence-corrected chi connectivity index (χ2v) is 6.07. The monoisotopic (exact) mass is 276 g/mol. The van der Waals surface area contributed by atoms with Gasteiger partial charge in [0.1, 0.15) is 0 Å². The van der Waals surface area contributed by atoms with Crippen molar-refractivity contribution in [1.82, 2.24) is 0 Å². The van der Waals surface area contributed by atoms with Crippen LogP contribution in [0, 0.1) is 6.92 Å². The Balaban J connectivity index is 3.03. The van der Waals surface area contributed by atoms with Gasteiger partial charge in [-0.25, -0.2) is 8.42 Å². The van der Waals surface area contributed by atoms with Crippen molar-refractivity contribution >= 4 is 25.7 Å². The fourth-order valence-electron chi connectivity index (χ4n) is 1.36. The SMILES string of the molecule is CCOC(=O)Cc1cc(S(=O)(=O)Cl)ccc1C. The van der Waals surface area contributed by atoms with Crippen LogP contribution in [0.15, 0.2) is 23.1 Å². The van der Waals surface area contributed by atoms with E-state index in [0.29, 0.717) is 12.2 Å². The van der Waals surface area contributed by atoms with Crippen LogP contribution < -0.4 is 0 Å². The van der Waals surface area contributed by atoms with Gasteiger partial charge in [-0.2, -0.15) is 0 Å². The van der Waals surface area contributed by atoms with Crippen LogP contribution in [0.3, 0.4) is 0 Å². The summed E-state index contributed by atoms with van der Waals surface area (Å²) in [5, 5.41) is 0. The first-order valence-electron chi connectivity index (χ1n) is 5.04. The molecule has 0 unspecified atom stereocenters. The molecule has 0 N–H and O–H groups in total. The summed E-state index contributed by atoms with van der Waals surface area (Å²) in [6.45, 7) is 3.80. The molecule has 0 aromatic heterocycles. The van der Waals surface area contributed by atoms with Gasteiger partial charge < -0.3 is 4.74 Å². The fraction of sp³-hybridized carbons (Fsp3) is 0.364. The van der Waals surface area contributed by atoms with E-state index in [-0.39, 0.29) is 17.3 Å². The van der Waals surface area contributed by atoms with E-state index in [9.17, 15) is 13.2 Å². The van der Waals surface area contributed by atoms with E-state index >= 15 is 0 Å². The number of halogens is 1. The third-order valence-corrected chi connectivity index (χ3v) is 3.59. The van der Waals surface area contributed by atoms with Crippen LogP contribution in [0.1, 0.15) is 18.1 Å². The number of carbonyl (C=O) groups excluding carboxylic acids is 1. The van der Waals surface area contributed by atoms with Crippen molar-refractivity contribution in [1.29, 1.82) is 0 Å². The normalized spacial score (nSPS) is 11.2. The molecule has 0 fully saturated rings. The van der Waals surface area contributed by atoms with Gasteiger partial charge in [-0.15, -0.1) is 0 Å². The number of hydrogen-bond acceptors (Lipinski definition) is 4. The lowest BCUT2D eigenvalue weighted by Gasteiger charge is -2.07. The first-order valence-corrected chi connectivity index (χ1v) is 7.35. The number of benzene rings is 1. The summed E-state index contributed by atoms with van der Waals surface area (Å²) in [7, 11) is 1.47. The van der Waals surface area contributed by atoms with Gasteiger partial charge in [0.25, 0.3) is 9.05 Å². The second kappa shape index (κ2) is 5.51. The molecule has 1 rings (SSSR count). The largest absolute Gasteiger partial charge is 0.466 e. The number of rotatable bonds is 4. The minimum absolute atomic E-state index is 0.0101. The van der Waals surface area contributed by atoms with Crippen LogP contribution in [-0.2, 0) is 25.0 Å². The maximum Gasteiger partial charge on any atom is 0.310 e. The zero-order valence-corrected chi connectivity index (χ0v) is 11.1. The molecule has 0 spiro atoms. The summed E-state index contributed by atoms with van der Waals surface area (Å²) < 4.78 is 27.1. The number of hydrogen-bond donors (Lipinski definition) is 0. The van der Waals surface area contributed by atoms with Gasteiger partial charge in [0.05, 0.1) is 17.9 Å². The lowest BCUT2D eigenvalue weighted by molar-refractivity contribution is -0.142. The molecule has 0 aliphatic rings. The summed E-state index contributed by atoms with van der Waals surface area (Å²) in [5.41, 5.74) is 1.42. The average molecular weight is 277 g/mol. The van der Waals surface area contributed by atoms with Gasteiger partial charge in [0.15, 0.2) is 0 Å². The maximum absolute atomic E-state index is 11.3. The van der Waals surface area contributed by atoms with E-state index in [1.807, 2.05) is 0 Å². The quantitative estimate of drug-likeness (QED) is 0.624. The highest BCUT2D eigenvalue weighted by Gasteiger charge is 2.13. The summed E-state index contributed by atoms with van der Waals surface area (Å²) >= 11 is 0. The molecule has 0 aliphatic heterocycles. The molecule has 0 atom stereocenters. The first kappa shape index (κ1) is 14.0. The summed E-state index contributed by atoms with van der Waals surface area (Å²) in [6, 6.07) is 4.42. The number of esters is 1. The molecule has 0 saturated heterocycles. The first-order chi connectivity index (χ1) is 7.84. The van der Waals surface area contributed by atoms with Gasteiger partial charge >= 0.3 is 5.97 Å². The van der Waals surface area contributed by atoms with E-state index in [0.717, 1.165) is 5.56 Å². The Labute approximate surface area is 105 Å².